The maximum absolute atomic E-state index is 11.3. The zero-order chi connectivity index (χ0) is 11.1. The molecule has 0 spiro atoms. The van der Waals surface area contributed by atoms with Gasteiger partial charge in [-0.15, -0.1) is 0 Å². The Morgan fingerprint density at radius 2 is 2.07 bits per heavy atom. The Morgan fingerprint density at radius 1 is 1.50 bits per heavy atom. The monoisotopic (exact) mass is 197 g/mol. The molecule has 0 unspecified atom stereocenters. The second kappa shape index (κ2) is 5.96. The van der Waals surface area contributed by atoms with Gasteiger partial charge in [0.15, 0.2) is 0 Å². The molecule has 14 heavy (non-hydrogen) atoms. The maximum atomic E-state index is 11.3. The molecule has 0 saturated carbocycles. The van der Waals surface area contributed by atoms with Gasteiger partial charge in [0.1, 0.15) is 6.61 Å². The van der Waals surface area contributed by atoms with Crippen molar-refractivity contribution in [2.45, 2.75) is 6.92 Å². The fraction of sp³-hybridized carbons (Fsp3) is 0.400. The van der Waals surface area contributed by atoms with E-state index in [1.165, 1.54) is 4.90 Å². The quantitative estimate of drug-likeness (QED) is 0.482. The van der Waals surface area contributed by atoms with Crippen molar-refractivity contribution in [2.75, 3.05) is 20.2 Å². The molecule has 0 N–H and O–H groups in total. The first-order valence-corrected chi connectivity index (χ1v) is 4.19. The lowest BCUT2D eigenvalue weighted by Gasteiger charge is -2.16. The first-order valence-electron chi connectivity index (χ1n) is 4.19. The summed E-state index contributed by atoms with van der Waals surface area (Å²) in [5.74, 6) is -0.638. The number of hydrogen-bond acceptors (Lipinski definition) is 3. The number of esters is 1. The maximum Gasteiger partial charge on any atom is 0.330 e. The summed E-state index contributed by atoms with van der Waals surface area (Å²) in [6.45, 7) is 8.93. The number of ether oxygens (including phenoxy) is 1. The average Bonchev–Trinajstić information content (AvgIpc) is 2.15. The Hall–Kier alpha value is -1.58. The molecule has 0 aromatic rings. The molecule has 4 nitrogen and oxygen atoms in total. The minimum Gasteiger partial charge on any atom is -0.461 e. The summed E-state index contributed by atoms with van der Waals surface area (Å²) in [5.41, 5.74) is 0.461. The fourth-order valence-corrected chi connectivity index (χ4v) is 0.769. The van der Waals surface area contributed by atoms with Crippen molar-refractivity contribution in [3.8, 4) is 0 Å². The number of nitrogens with zero attached hydrogens (tertiary/aromatic N) is 1. The van der Waals surface area contributed by atoms with Crippen LogP contribution in [-0.2, 0) is 14.3 Å². The summed E-state index contributed by atoms with van der Waals surface area (Å²) in [5, 5.41) is 0. The van der Waals surface area contributed by atoms with Crippen LogP contribution in [0.25, 0.3) is 0 Å². The third-order valence-corrected chi connectivity index (χ3v) is 1.55. The summed E-state index contributed by atoms with van der Waals surface area (Å²) in [4.78, 5) is 23.3. The Bertz CT molecular complexity index is 258. The molecule has 0 aromatic carbocycles. The van der Waals surface area contributed by atoms with Crippen molar-refractivity contribution in [1.82, 2.24) is 4.90 Å². The highest BCUT2D eigenvalue weighted by atomic mass is 16.5. The Balaban J connectivity index is 3.80. The lowest BCUT2D eigenvalue weighted by Crippen LogP contribution is -2.30. The van der Waals surface area contributed by atoms with Crippen LogP contribution in [0.3, 0.4) is 0 Å². The van der Waals surface area contributed by atoms with Gasteiger partial charge in [0.25, 0.3) is 0 Å². The van der Waals surface area contributed by atoms with Gasteiger partial charge in [-0.1, -0.05) is 13.2 Å². The van der Waals surface area contributed by atoms with Crippen LogP contribution in [-0.4, -0.2) is 37.0 Å². The van der Waals surface area contributed by atoms with Crippen molar-refractivity contribution >= 4 is 11.9 Å². The topological polar surface area (TPSA) is 46.6 Å². The molecule has 0 aliphatic carbocycles. The summed E-state index contributed by atoms with van der Waals surface area (Å²) < 4.78 is 4.71. The van der Waals surface area contributed by atoms with Gasteiger partial charge in [-0.2, -0.15) is 0 Å². The first kappa shape index (κ1) is 12.4. The highest BCUT2D eigenvalue weighted by molar-refractivity contribution is 5.91. The predicted octanol–water partition coefficient (Wildman–Crippen LogP) is 0.750. The van der Waals surface area contributed by atoms with Gasteiger partial charge < -0.3 is 9.64 Å². The van der Waals surface area contributed by atoms with E-state index >= 15 is 0 Å². The van der Waals surface area contributed by atoms with Gasteiger partial charge in [-0.25, -0.2) is 4.79 Å². The smallest absolute Gasteiger partial charge is 0.330 e. The molecule has 1 amide bonds. The van der Waals surface area contributed by atoms with Crippen LogP contribution in [0.4, 0.5) is 0 Å². The van der Waals surface area contributed by atoms with E-state index in [9.17, 15) is 9.59 Å². The Kier molecular flexibility index (Phi) is 5.29. The summed E-state index contributed by atoms with van der Waals surface area (Å²) in [6.07, 6.45) is 1.08. The van der Waals surface area contributed by atoms with Crippen molar-refractivity contribution < 1.29 is 14.3 Å². The lowest BCUT2D eigenvalue weighted by atomic mass is 10.3. The van der Waals surface area contributed by atoms with Crippen molar-refractivity contribution in [3.05, 3.63) is 24.8 Å². The van der Waals surface area contributed by atoms with Crippen molar-refractivity contribution in [3.63, 3.8) is 0 Å². The second-order valence-corrected chi connectivity index (χ2v) is 2.88. The van der Waals surface area contributed by atoms with E-state index in [4.69, 9.17) is 4.74 Å². The van der Waals surface area contributed by atoms with E-state index in [0.29, 0.717) is 12.1 Å². The first-order chi connectivity index (χ1) is 6.49. The van der Waals surface area contributed by atoms with Crippen LogP contribution in [0.2, 0.25) is 0 Å². The van der Waals surface area contributed by atoms with Gasteiger partial charge in [0, 0.05) is 18.7 Å². The summed E-state index contributed by atoms with van der Waals surface area (Å²) >= 11 is 0. The highest BCUT2D eigenvalue weighted by Gasteiger charge is 2.08. The van der Waals surface area contributed by atoms with E-state index in [1.54, 1.807) is 14.0 Å². The molecular formula is C10H15NO3. The van der Waals surface area contributed by atoms with Crippen LogP contribution >= 0.6 is 0 Å². The third kappa shape index (κ3) is 4.45. The van der Waals surface area contributed by atoms with Crippen LogP contribution in [0, 0.1) is 0 Å². The number of likely N-dealkylation sites (N-methyl/N-ethyl adjacent to an activating group) is 1. The van der Waals surface area contributed by atoms with E-state index < -0.39 is 5.97 Å². The molecule has 0 aliphatic heterocycles. The molecular weight excluding hydrogens is 182 g/mol. The largest absolute Gasteiger partial charge is 0.461 e. The van der Waals surface area contributed by atoms with Crippen LogP contribution in [0.15, 0.2) is 24.8 Å². The minimum absolute atomic E-state index is 0.153. The third-order valence-electron chi connectivity index (χ3n) is 1.55. The molecule has 0 rings (SSSR count). The van der Waals surface area contributed by atoms with Crippen molar-refractivity contribution in [1.29, 1.82) is 0 Å². The van der Waals surface area contributed by atoms with E-state index in [0.717, 1.165) is 6.08 Å². The normalized spacial score (nSPS) is 9.00. The molecule has 0 fully saturated rings. The SMILES string of the molecule is C=CC(=O)OCCN(C)C(=O)C(=C)C. The van der Waals surface area contributed by atoms with Gasteiger partial charge in [-0.3, -0.25) is 4.79 Å². The van der Waals surface area contributed by atoms with Gasteiger partial charge >= 0.3 is 5.97 Å². The summed E-state index contributed by atoms with van der Waals surface area (Å²) in [6, 6.07) is 0. The number of amides is 1. The zero-order valence-electron chi connectivity index (χ0n) is 8.58. The van der Waals surface area contributed by atoms with Gasteiger partial charge in [-0.05, 0) is 6.92 Å². The van der Waals surface area contributed by atoms with E-state index in [-0.39, 0.29) is 12.5 Å². The standard InChI is InChI=1S/C10H15NO3/c1-5-9(12)14-7-6-11(4)10(13)8(2)3/h5H,1-2,6-7H2,3-4H3. The molecule has 0 aliphatic rings. The fourth-order valence-electron chi connectivity index (χ4n) is 0.769. The molecule has 0 atom stereocenters. The molecule has 0 bridgehead atoms. The van der Waals surface area contributed by atoms with Gasteiger partial charge in [0.05, 0.1) is 6.54 Å². The van der Waals surface area contributed by atoms with E-state index in [2.05, 4.69) is 13.2 Å². The second-order valence-electron chi connectivity index (χ2n) is 2.88. The highest BCUT2D eigenvalue weighted by Crippen LogP contribution is 1.95. The van der Waals surface area contributed by atoms with Crippen molar-refractivity contribution in [2.24, 2.45) is 0 Å². The van der Waals surface area contributed by atoms with E-state index in [1.807, 2.05) is 0 Å². The average molecular weight is 197 g/mol. The number of carbonyl (C=O) groups excluding carboxylic acids is 2. The number of hydrogen-bond donors (Lipinski definition) is 0. The predicted molar refractivity (Wildman–Crippen MR) is 53.6 cm³/mol. The molecule has 0 saturated heterocycles. The van der Waals surface area contributed by atoms with Crippen LogP contribution < -0.4 is 0 Å². The van der Waals surface area contributed by atoms with Crippen LogP contribution in [0.1, 0.15) is 6.92 Å². The Morgan fingerprint density at radius 3 is 2.50 bits per heavy atom. The molecule has 0 radical (unpaired) electrons. The minimum atomic E-state index is -0.485. The molecule has 78 valence electrons. The Labute approximate surface area is 83.8 Å². The number of rotatable bonds is 5. The molecule has 4 heteroatoms. The van der Waals surface area contributed by atoms with Crippen LogP contribution in [0.5, 0.6) is 0 Å². The summed E-state index contributed by atoms with van der Waals surface area (Å²) in [7, 11) is 1.62. The van der Waals surface area contributed by atoms with Gasteiger partial charge in [0.2, 0.25) is 5.91 Å². The zero-order valence-corrected chi connectivity index (χ0v) is 8.58. The molecule has 0 heterocycles. The lowest BCUT2D eigenvalue weighted by molar-refractivity contribution is -0.139. The molecule has 0 aromatic heterocycles. The number of carbonyl (C=O) groups is 2.